The number of allylic oxidation sites excluding steroid dienone is 8. The molecule has 0 rings (SSSR count). The van der Waals surface area contributed by atoms with Crippen molar-refractivity contribution in [1.82, 2.24) is 10.2 Å². The highest BCUT2D eigenvalue weighted by atomic mass is 16.5. The first-order valence-corrected chi connectivity index (χ1v) is 22.0. The second kappa shape index (κ2) is 42.5. The topological polar surface area (TPSA) is 88.1 Å². The van der Waals surface area contributed by atoms with Gasteiger partial charge in [0.05, 0.1) is 19.8 Å². The summed E-state index contributed by atoms with van der Waals surface area (Å²) < 4.78 is 11.0. The summed E-state index contributed by atoms with van der Waals surface area (Å²) in [6.45, 7) is 5.43. The Morgan fingerprint density at radius 3 is 1.49 bits per heavy atom. The minimum atomic E-state index is -0.381. The monoisotopic (exact) mass is 745 g/mol. The van der Waals surface area contributed by atoms with Gasteiger partial charge in [0.25, 0.3) is 0 Å². The summed E-state index contributed by atoms with van der Waals surface area (Å²) in [4.78, 5) is 27.1. The van der Waals surface area contributed by atoms with Crippen molar-refractivity contribution in [3.63, 3.8) is 0 Å². The van der Waals surface area contributed by atoms with Gasteiger partial charge in [0.1, 0.15) is 12.6 Å². The van der Waals surface area contributed by atoms with E-state index >= 15 is 0 Å². The summed E-state index contributed by atoms with van der Waals surface area (Å²) in [5, 5.41) is 12.5. The van der Waals surface area contributed by atoms with Crippen molar-refractivity contribution in [1.29, 1.82) is 0 Å². The molecule has 0 aliphatic heterocycles. The van der Waals surface area contributed by atoms with Crippen LogP contribution in [0.3, 0.4) is 0 Å². The van der Waals surface area contributed by atoms with Gasteiger partial charge < -0.3 is 24.8 Å². The van der Waals surface area contributed by atoms with Crippen LogP contribution >= 0.6 is 0 Å². The Labute approximate surface area is 327 Å². The number of carbonyl (C=O) groups excluding carboxylic acids is 2. The summed E-state index contributed by atoms with van der Waals surface area (Å²) in [7, 11) is 1.61. The van der Waals surface area contributed by atoms with Crippen molar-refractivity contribution < 1.29 is 24.2 Å². The molecule has 1 amide bonds. The lowest BCUT2D eigenvalue weighted by atomic mass is 10.0. The number of rotatable bonds is 40. The highest BCUT2D eigenvalue weighted by molar-refractivity contribution is 5.83. The minimum absolute atomic E-state index is 0.0968. The molecule has 1 atom stereocenters. The molecule has 53 heavy (non-hydrogen) atoms. The van der Waals surface area contributed by atoms with Crippen LogP contribution in [0.15, 0.2) is 48.6 Å². The SMILES string of the molecule is CCCCC/C=C\C/C=C\CCCCCCCCCC(CCCCCCC/C=C\C/C=C\CCCCC)OC(=O)CN(CCO)C(=O)CNCCOC. The van der Waals surface area contributed by atoms with E-state index in [9.17, 15) is 14.7 Å². The third kappa shape index (κ3) is 37.9. The molecule has 1 unspecified atom stereocenters. The maximum atomic E-state index is 13.0. The molecule has 7 heteroatoms. The molecule has 0 aromatic heterocycles. The highest BCUT2D eigenvalue weighted by Crippen LogP contribution is 2.18. The van der Waals surface area contributed by atoms with Crippen molar-refractivity contribution in [2.24, 2.45) is 0 Å². The van der Waals surface area contributed by atoms with E-state index in [1.807, 2.05) is 0 Å². The zero-order valence-corrected chi connectivity index (χ0v) is 34.9. The molecule has 0 saturated heterocycles. The van der Waals surface area contributed by atoms with Gasteiger partial charge in [-0.15, -0.1) is 0 Å². The fourth-order valence-corrected chi connectivity index (χ4v) is 6.26. The van der Waals surface area contributed by atoms with Gasteiger partial charge in [0, 0.05) is 20.2 Å². The molecular weight excluding hydrogens is 661 g/mol. The molecule has 2 N–H and O–H groups in total. The molecule has 0 aromatic rings. The Balaban J connectivity index is 4.50. The van der Waals surface area contributed by atoms with E-state index in [0.29, 0.717) is 13.2 Å². The van der Waals surface area contributed by atoms with Gasteiger partial charge in [-0.05, 0) is 89.9 Å². The van der Waals surface area contributed by atoms with E-state index in [1.54, 1.807) is 7.11 Å². The van der Waals surface area contributed by atoms with Crippen molar-refractivity contribution in [3.05, 3.63) is 48.6 Å². The second-order valence-electron chi connectivity index (χ2n) is 14.6. The lowest BCUT2D eigenvalue weighted by Gasteiger charge is -2.23. The van der Waals surface area contributed by atoms with Crippen LogP contribution in [-0.2, 0) is 19.1 Å². The predicted octanol–water partition coefficient (Wildman–Crippen LogP) is 11.4. The lowest BCUT2D eigenvalue weighted by Crippen LogP contribution is -2.44. The standard InChI is InChI=1S/C46H84N2O5/c1-4-6-8-10-12-14-16-18-20-21-23-25-27-29-31-33-35-37-44(53-46(51)43-48(39-40-49)45(50)42-47-38-41-52-3)36-34-32-30-28-26-24-22-19-17-15-13-11-9-7-5-2/h12-15,18-20,22,44,47,49H,4-11,16-17,21,23-43H2,1-3H3/b14-12-,15-13-,20-18-,22-19-. The van der Waals surface area contributed by atoms with E-state index in [4.69, 9.17) is 9.47 Å². The number of aliphatic hydroxyl groups is 1. The number of hydrogen-bond acceptors (Lipinski definition) is 6. The summed E-state index contributed by atoms with van der Waals surface area (Å²) in [5.74, 6) is -0.605. The van der Waals surface area contributed by atoms with Crippen molar-refractivity contribution >= 4 is 11.9 Å². The number of ether oxygens (including phenoxy) is 2. The molecule has 0 heterocycles. The van der Waals surface area contributed by atoms with E-state index in [1.165, 1.54) is 114 Å². The molecule has 0 fully saturated rings. The summed E-state index contributed by atoms with van der Waals surface area (Å²) in [6, 6.07) is 0. The molecule has 0 aliphatic rings. The third-order valence-corrected chi connectivity index (χ3v) is 9.55. The Morgan fingerprint density at radius 2 is 1.06 bits per heavy atom. The highest BCUT2D eigenvalue weighted by Gasteiger charge is 2.20. The fourth-order valence-electron chi connectivity index (χ4n) is 6.26. The Hall–Kier alpha value is -2.22. The van der Waals surface area contributed by atoms with Gasteiger partial charge in [0.2, 0.25) is 5.91 Å². The molecule has 0 aliphatic carbocycles. The van der Waals surface area contributed by atoms with Crippen molar-refractivity contribution in [3.8, 4) is 0 Å². The molecule has 0 bridgehead atoms. The third-order valence-electron chi connectivity index (χ3n) is 9.55. The largest absolute Gasteiger partial charge is 0.461 e. The van der Waals surface area contributed by atoms with E-state index in [-0.39, 0.29) is 44.2 Å². The van der Waals surface area contributed by atoms with E-state index in [0.717, 1.165) is 57.8 Å². The number of carbonyl (C=O) groups is 2. The zero-order chi connectivity index (χ0) is 38.7. The van der Waals surface area contributed by atoms with E-state index < -0.39 is 0 Å². The van der Waals surface area contributed by atoms with Gasteiger partial charge in [-0.1, -0.05) is 140 Å². The number of nitrogens with one attached hydrogen (secondary N) is 1. The fraction of sp³-hybridized carbons (Fsp3) is 0.783. The number of amides is 1. The smallest absolute Gasteiger partial charge is 0.325 e. The zero-order valence-electron chi connectivity index (χ0n) is 34.9. The quantitative estimate of drug-likeness (QED) is 0.0369. The minimum Gasteiger partial charge on any atom is -0.461 e. The normalized spacial score (nSPS) is 12.6. The summed E-state index contributed by atoms with van der Waals surface area (Å²) in [5.41, 5.74) is 0. The number of esters is 1. The van der Waals surface area contributed by atoms with Gasteiger partial charge in [0.15, 0.2) is 0 Å². The molecule has 0 saturated carbocycles. The maximum absolute atomic E-state index is 13.0. The van der Waals surface area contributed by atoms with Crippen LogP contribution in [-0.4, -0.2) is 74.5 Å². The number of methoxy groups -OCH3 is 1. The number of aliphatic hydroxyl groups excluding tert-OH is 1. The van der Waals surface area contributed by atoms with Gasteiger partial charge in [-0.3, -0.25) is 9.59 Å². The van der Waals surface area contributed by atoms with Crippen molar-refractivity contribution in [2.45, 2.75) is 187 Å². The molecule has 0 radical (unpaired) electrons. The first-order valence-electron chi connectivity index (χ1n) is 22.0. The summed E-state index contributed by atoms with van der Waals surface area (Å²) in [6.07, 6.45) is 49.1. The molecule has 0 spiro atoms. The van der Waals surface area contributed by atoms with Crippen LogP contribution in [0.2, 0.25) is 0 Å². The number of nitrogens with zero attached hydrogens (tertiary/aromatic N) is 1. The number of unbranched alkanes of at least 4 members (excludes halogenated alkanes) is 18. The lowest BCUT2D eigenvalue weighted by molar-refractivity contribution is -0.154. The van der Waals surface area contributed by atoms with Gasteiger partial charge >= 0.3 is 5.97 Å². The van der Waals surface area contributed by atoms with Crippen LogP contribution < -0.4 is 5.32 Å². The average molecular weight is 745 g/mol. The van der Waals surface area contributed by atoms with E-state index in [2.05, 4.69) is 67.8 Å². The molecule has 0 aromatic carbocycles. The Bertz CT molecular complexity index is 916. The molecular formula is C46H84N2O5. The second-order valence-corrected chi connectivity index (χ2v) is 14.6. The van der Waals surface area contributed by atoms with Gasteiger partial charge in [-0.2, -0.15) is 0 Å². The first kappa shape index (κ1) is 50.8. The summed E-state index contributed by atoms with van der Waals surface area (Å²) >= 11 is 0. The van der Waals surface area contributed by atoms with Gasteiger partial charge in [-0.25, -0.2) is 0 Å². The Morgan fingerprint density at radius 1 is 0.623 bits per heavy atom. The predicted molar refractivity (Wildman–Crippen MR) is 226 cm³/mol. The van der Waals surface area contributed by atoms with Crippen LogP contribution in [0.4, 0.5) is 0 Å². The van der Waals surface area contributed by atoms with Crippen molar-refractivity contribution in [2.75, 3.05) is 46.5 Å². The number of hydrogen-bond donors (Lipinski definition) is 2. The van der Waals surface area contributed by atoms with Crippen LogP contribution in [0, 0.1) is 0 Å². The van der Waals surface area contributed by atoms with Crippen LogP contribution in [0.5, 0.6) is 0 Å². The molecule has 7 nitrogen and oxygen atoms in total. The molecule has 308 valence electrons. The first-order chi connectivity index (χ1) is 26.1. The van der Waals surface area contributed by atoms with Crippen LogP contribution in [0.1, 0.15) is 181 Å². The average Bonchev–Trinajstić information content (AvgIpc) is 3.15. The maximum Gasteiger partial charge on any atom is 0.325 e. The Kier molecular flexibility index (Phi) is 40.7. The van der Waals surface area contributed by atoms with Crippen LogP contribution in [0.25, 0.3) is 0 Å².